The van der Waals surface area contributed by atoms with E-state index in [0.29, 0.717) is 35.7 Å². The van der Waals surface area contributed by atoms with E-state index in [2.05, 4.69) is 33.5 Å². The van der Waals surface area contributed by atoms with Crippen molar-refractivity contribution in [1.29, 1.82) is 0 Å². The summed E-state index contributed by atoms with van der Waals surface area (Å²) in [5.41, 5.74) is 8.86. The molecule has 0 saturated heterocycles. The first-order valence-electron chi connectivity index (χ1n) is 12.9. The van der Waals surface area contributed by atoms with Crippen LogP contribution in [0.5, 0.6) is 0 Å². The molecule has 2 aromatic heterocycles. The second-order valence-corrected chi connectivity index (χ2v) is 11.4. The number of esters is 1. The number of anilines is 1. The van der Waals surface area contributed by atoms with Gasteiger partial charge in [0.2, 0.25) is 5.78 Å². The summed E-state index contributed by atoms with van der Waals surface area (Å²) in [4.78, 5) is 44.8. The second-order valence-electron chi connectivity index (χ2n) is 10.5. The number of benzene rings is 1. The maximum Gasteiger partial charge on any atom is 0.396 e. The number of primary amides is 1. The molecule has 11 heteroatoms. The van der Waals surface area contributed by atoms with E-state index < -0.39 is 18.0 Å². The minimum absolute atomic E-state index is 0.123. The van der Waals surface area contributed by atoms with Crippen LogP contribution in [-0.4, -0.2) is 58.1 Å². The Kier molecular flexibility index (Phi) is 6.66. The third-order valence-electron chi connectivity index (χ3n) is 7.93. The van der Waals surface area contributed by atoms with Crippen LogP contribution in [-0.2, 0) is 24.5 Å². The zero-order chi connectivity index (χ0) is 27.1. The van der Waals surface area contributed by atoms with Crippen molar-refractivity contribution in [2.75, 3.05) is 18.5 Å². The van der Waals surface area contributed by atoms with E-state index in [1.807, 2.05) is 17.5 Å². The summed E-state index contributed by atoms with van der Waals surface area (Å²) in [5, 5.41) is 15.6. The molecule has 202 valence electrons. The van der Waals surface area contributed by atoms with Gasteiger partial charge in [0.05, 0.1) is 29.8 Å². The molecule has 3 aromatic rings. The van der Waals surface area contributed by atoms with Crippen molar-refractivity contribution in [2.45, 2.75) is 49.3 Å². The Labute approximate surface area is 228 Å². The molecule has 2 fully saturated rings. The van der Waals surface area contributed by atoms with E-state index in [1.54, 1.807) is 0 Å². The Morgan fingerprint density at radius 3 is 2.85 bits per heavy atom. The zero-order valence-electron chi connectivity index (χ0n) is 21.0. The van der Waals surface area contributed by atoms with Crippen molar-refractivity contribution in [3.05, 3.63) is 75.4 Å². The highest BCUT2D eigenvalue weighted by Crippen LogP contribution is 2.55. The molecule has 2 saturated carbocycles. The summed E-state index contributed by atoms with van der Waals surface area (Å²) in [6.45, 7) is 0.562. The molecule has 0 bridgehead atoms. The average molecular weight is 549 g/mol. The number of nitrogens with zero attached hydrogens (tertiary/aromatic N) is 2. The monoisotopic (exact) mass is 548 g/mol. The Morgan fingerprint density at radius 2 is 2.05 bits per heavy atom. The number of nitrogens with two attached hydrogens (primary N) is 1. The number of thiophene rings is 1. The minimum atomic E-state index is -1.18. The lowest BCUT2D eigenvalue weighted by Gasteiger charge is -2.32. The van der Waals surface area contributed by atoms with Gasteiger partial charge in [0, 0.05) is 23.6 Å². The summed E-state index contributed by atoms with van der Waals surface area (Å²) in [6.07, 6.45) is 4.98. The molecule has 3 aliphatic rings. The molecule has 1 amide bonds. The molecule has 4 atom stereocenters. The number of amides is 1. The van der Waals surface area contributed by atoms with Gasteiger partial charge in [0.1, 0.15) is 18.2 Å². The summed E-state index contributed by atoms with van der Waals surface area (Å²) in [6, 6.07) is 10.1. The van der Waals surface area contributed by atoms with Crippen LogP contribution < -0.4 is 11.1 Å². The maximum absolute atomic E-state index is 13.6. The van der Waals surface area contributed by atoms with Crippen LogP contribution in [0.3, 0.4) is 0 Å². The van der Waals surface area contributed by atoms with E-state index in [0.717, 1.165) is 18.4 Å². The largest absolute Gasteiger partial charge is 0.458 e. The highest BCUT2D eigenvalue weighted by molar-refractivity contribution is 7.12. The molecule has 10 nitrogen and oxygen atoms in total. The minimum Gasteiger partial charge on any atom is -0.458 e. The van der Waals surface area contributed by atoms with Crippen LogP contribution in [0.2, 0.25) is 0 Å². The number of hydrogen-bond donors (Lipinski definition) is 3. The van der Waals surface area contributed by atoms with Gasteiger partial charge >= 0.3 is 11.9 Å². The molecule has 4 N–H and O–H groups in total. The van der Waals surface area contributed by atoms with E-state index in [1.165, 1.54) is 35.0 Å². The zero-order valence-corrected chi connectivity index (χ0v) is 21.9. The van der Waals surface area contributed by atoms with Gasteiger partial charge in [-0.25, -0.2) is 14.8 Å². The first kappa shape index (κ1) is 25.6. The number of hydrogen-bond acceptors (Lipinski definition) is 10. The molecule has 1 aromatic carbocycles. The molecule has 3 heterocycles. The Morgan fingerprint density at radius 1 is 1.23 bits per heavy atom. The lowest BCUT2D eigenvalue weighted by molar-refractivity contribution is -0.155. The van der Waals surface area contributed by atoms with Crippen LogP contribution >= 0.6 is 11.3 Å². The number of aliphatic hydroxyl groups is 1. The van der Waals surface area contributed by atoms with Gasteiger partial charge in [0.15, 0.2) is 0 Å². The number of nitrogens with one attached hydrogen (secondary N) is 1. The number of aliphatic hydroxyl groups excluding tert-OH is 1. The van der Waals surface area contributed by atoms with E-state index in [4.69, 9.17) is 15.2 Å². The Bertz CT molecular complexity index is 1440. The van der Waals surface area contributed by atoms with Crippen LogP contribution in [0.1, 0.15) is 63.7 Å². The fourth-order valence-corrected chi connectivity index (χ4v) is 6.53. The third-order valence-corrected chi connectivity index (χ3v) is 8.87. The fourth-order valence-electron chi connectivity index (χ4n) is 5.66. The van der Waals surface area contributed by atoms with Gasteiger partial charge in [-0.15, -0.1) is 11.3 Å². The number of aromatic nitrogens is 2. The van der Waals surface area contributed by atoms with Gasteiger partial charge < -0.3 is 25.6 Å². The number of ether oxygens (including phenoxy) is 2. The lowest BCUT2D eigenvalue weighted by atomic mass is 9.85. The highest BCUT2D eigenvalue weighted by Gasteiger charge is 2.49. The van der Waals surface area contributed by atoms with Crippen molar-refractivity contribution in [2.24, 2.45) is 11.7 Å². The summed E-state index contributed by atoms with van der Waals surface area (Å²) in [7, 11) is 0. The molecular formula is C28H28N4O6S. The van der Waals surface area contributed by atoms with Crippen molar-refractivity contribution >= 4 is 34.8 Å². The lowest BCUT2D eigenvalue weighted by Crippen LogP contribution is -2.29. The fraction of sp³-hybridized carbons (Fsp3) is 0.393. The predicted octanol–water partition coefficient (Wildman–Crippen LogP) is 2.50. The van der Waals surface area contributed by atoms with Crippen molar-refractivity contribution in [3.63, 3.8) is 0 Å². The Balaban J connectivity index is 1.16. The van der Waals surface area contributed by atoms with Crippen molar-refractivity contribution < 1.29 is 29.0 Å². The third kappa shape index (κ3) is 4.93. The van der Waals surface area contributed by atoms with Crippen molar-refractivity contribution in [3.8, 4) is 0 Å². The number of carbonyl (C=O) groups excluding carboxylic acids is 3. The molecule has 1 spiro atoms. The summed E-state index contributed by atoms with van der Waals surface area (Å²) in [5.74, 6) is -2.52. The van der Waals surface area contributed by atoms with Gasteiger partial charge in [-0.1, -0.05) is 24.3 Å². The second kappa shape index (κ2) is 10.1. The van der Waals surface area contributed by atoms with Crippen LogP contribution in [0.15, 0.2) is 48.2 Å². The van der Waals surface area contributed by atoms with Crippen LogP contribution in [0.25, 0.3) is 0 Å². The first-order valence-corrected chi connectivity index (χ1v) is 13.8. The van der Waals surface area contributed by atoms with Gasteiger partial charge in [0.25, 0.3) is 0 Å². The normalized spacial score (nSPS) is 24.6. The van der Waals surface area contributed by atoms with Gasteiger partial charge in [-0.2, -0.15) is 0 Å². The quantitative estimate of drug-likeness (QED) is 0.230. The van der Waals surface area contributed by atoms with E-state index >= 15 is 0 Å². The SMILES string of the molecule is NC(=O)C(=O)OC[C@H]1CC(Nc2ncncc2C(=O)c2cc(C3OCC4(CC4)c4ccccc43)cs2)C[C@@H]1O. The van der Waals surface area contributed by atoms with E-state index in [9.17, 15) is 19.5 Å². The molecule has 1 aliphatic heterocycles. The molecule has 2 aliphatic carbocycles. The molecule has 39 heavy (non-hydrogen) atoms. The average Bonchev–Trinajstić information content (AvgIpc) is 3.38. The van der Waals surface area contributed by atoms with Crippen LogP contribution in [0.4, 0.5) is 5.82 Å². The van der Waals surface area contributed by atoms with E-state index in [-0.39, 0.29) is 35.9 Å². The summed E-state index contributed by atoms with van der Waals surface area (Å²) >= 11 is 1.36. The highest BCUT2D eigenvalue weighted by atomic mass is 32.1. The predicted molar refractivity (Wildman–Crippen MR) is 141 cm³/mol. The maximum atomic E-state index is 13.6. The molecular weight excluding hydrogens is 520 g/mol. The topological polar surface area (TPSA) is 154 Å². The smallest absolute Gasteiger partial charge is 0.396 e. The molecule has 6 rings (SSSR count). The Hall–Kier alpha value is -3.67. The molecule has 0 radical (unpaired) electrons. The van der Waals surface area contributed by atoms with Gasteiger partial charge in [-0.05, 0) is 53.8 Å². The number of rotatable bonds is 7. The standard InChI is InChI=1S/C28H28N4O6S/c29-25(35)27(36)37-11-15-7-17(9-21(15)33)32-26-19(10-30-14-31-26)23(34)22-8-16(12-39-22)24-18-3-1-2-4-20(18)28(5-6-28)13-38-24/h1-4,8,10,12,14-15,17,21,24,33H,5-7,9,11,13H2,(H2,29,35)(H,30,31,32)/t15-,17?,21+,24?/m1/s1. The summed E-state index contributed by atoms with van der Waals surface area (Å²) < 4.78 is 11.2. The first-order chi connectivity index (χ1) is 18.8. The number of carbonyl (C=O) groups is 3. The molecule has 2 unspecified atom stereocenters. The van der Waals surface area contributed by atoms with Crippen molar-refractivity contribution in [1.82, 2.24) is 9.97 Å². The van der Waals surface area contributed by atoms with Crippen LogP contribution in [0, 0.1) is 5.92 Å². The number of fused-ring (bicyclic) bond motifs is 2. The van der Waals surface area contributed by atoms with Gasteiger partial charge in [-0.3, -0.25) is 9.59 Å². The number of ketones is 1.